The highest BCUT2D eigenvalue weighted by molar-refractivity contribution is 7.89. The molecule has 0 heterocycles. The monoisotopic (exact) mass is 276 g/mol. The van der Waals surface area contributed by atoms with E-state index in [-0.39, 0.29) is 6.42 Å². The summed E-state index contributed by atoms with van der Waals surface area (Å²) in [4.78, 5) is -0.961. The van der Waals surface area contributed by atoms with Crippen molar-refractivity contribution in [2.45, 2.75) is 24.3 Å². The van der Waals surface area contributed by atoms with Gasteiger partial charge in [-0.3, -0.25) is 0 Å². The molecule has 1 atom stereocenters. The number of benzene rings is 1. The van der Waals surface area contributed by atoms with Crippen molar-refractivity contribution in [2.75, 3.05) is 0 Å². The van der Waals surface area contributed by atoms with Crippen molar-refractivity contribution in [2.24, 2.45) is 5.14 Å². The predicted octanol–water partition coefficient (Wildman–Crippen LogP) is 1.29. The zero-order chi connectivity index (χ0) is 13.9. The third-order valence-corrected chi connectivity index (χ3v) is 3.03. The fourth-order valence-electron chi connectivity index (χ4n) is 1.18. The van der Waals surface area contributed by atoms with Gasteiger partial charge in [-0.05, 0) is 18.6 Å². The molecule has 0 spiro atoms. The van der Waals surface area contributed by atoms with Gasteiger partial charge in [0.2, 0.25) is 15.8 Å². The Hall–Kier alpha value is -1.72. The van der Waals surface area contributed by atoms with Crippen LogP contribution in [0.5, 0.6) is 5.75 Å². The van der Waals surface area contributed by atoms with E-state index < -0.39 is 38.4 Å². The quantitative estimate of drug-likeness (QED) is 0.896. The molecule has 0 aliphatic rings. The molecular weight excluding hydrogens is 266 g/mol. The number of sulfonamides is 1. The first-order chi connectivity index (χ1) is 8.31. The van der Waals surface area contributed by atoms with Gasteiger partial charge in [-0.2, -0.15) is 9.65 Å². The van der Waals surface area contributed by atoms with E-state index in [4.69, 9.17) is 15.1 Å². The molecule has 98 valence electrons. The number of ether oxygens (including phenoxy) is 1. The van der Waals surface area contributed by atoms with Gasteiger partial charge < -0.3 is 4.74 Å². The number of nitrogens with two attached hydrogens (primary N) is 1. The van der Waals surface area contributed by atoms with E-state index in [9.17, 15) is 17.2 Å². The van der Waals surface area contributed by atoms with Crippen molar-refractivity contribution < 1.29 is 21.9 Å². The number of hydrogen-bond donors (Lipinski definition) is 1. The Kier molecular flexibility index (Phi) is 4.21. The smallest absolute Gasteiger partial charge is 0.241 e. The van der Waals surface area contributed by atoms with E-state index in [2.05, 4.69) is 0 Å². The normalized spacial score (nSPS) is 12.8. The topological polar surface area (TPSA) is 93.2 Å². The molecule has 1 aromatic rings. The van der Waals surface area contributed by atoms with Crippen molar-refractivity contribution in [1.82, 2.24) is 0 Å². The summed E-state index contributed by atoms with van der Waals surface area (Å²) in [6.45, 7) is 1.63. The van der Waals surface area contributed by atoms with E-state index in [1.807, 2.05) is 0 Å². The average Bonchev–Trinajstić information content (AvgIpc) is 2.29. The van der Waals surface area contributed by atoms with Crippen LogP contribution in [0.25, 0.3) is 0 Å². The van der Waals surface area contributed by atoms with Gasteiger partial charge in [-0.15, -0.1) is 0 Å². The molecule has 2 N–H and O–H groups in total. The predicted molar refractivity (Wildman–Crippen MR) is 58.1 cm³/mol. The summed E-state index contributed by atoms with van der Waals surface area (Å²) in [6.07, 6.45) is -0.673. The maximum absolute atomic E-state index is 13.5. The van der Waals surface area contributed by atoms with E-state index in [0.29, 0.717) is 0 Å². The van der Waals surface area contributed by atoms with Gasteiger partial charge in [0.25, 0.3) is 0 Å². The van der Waals surface area contributed by atoms with Gasteiger partial charge in [-0.1, -0.05) is 6.92 Å². The maximum Gasteiger partial charge on any atom is 0.241 e. The highest BCUT2D eigenvalue weighted by Gasteiger charge is 2.22. The fourth-order valence-corrected chi connectivity index (χ4v) is 1.78. The summed E-state index contributed by atoms with van der Waals surface area (Å²) in [7, 11) is -4.35. The minimum Gasteiger partial charge on any atom is -0.472 e. The van der Waals surface area contributed by atoms with Gasteiger partial charge in [0, 0.05) is 0 Å². The summed E-state index contributed by atoms with van der Waals surface area (Å²) in [5.74, 6) is -3.65. The van der Waals surface area contributed by atoms with Gasteiger partial charge in [0.15, 0.2) is 17.7 Å². The largest absolute Gasteiger partial charge is 0.472 e. The van der Waals surface area contributed by atoms with Crippen LogP contribution in [-0.4, -0.2) is 14.5 Å². The fraction of sp³-hybridized carbons (Fsp3) is 0.300. The molecule has 0 aliphatic heterocycles. The number of rotatable bonds is 4. The summed E-state index contributed by atoms with van der Waals surface area (Å²) in [5.41, 5.74) is 0. The number of halogens is 2. The van der Waals surface area contributed by atoms with Crippen LogP contribution in [0.4, 0.5) is 8.78 Å². The highest BCUT2D eigenvalue weighted by Crippen LogP contribution is 2.25. The molecule has 0 radical (unpaired) electrons. The molecule has 1 rings (SSSR count). The van der Waals surface area contributed by atoms with Crippen LogP contribution in [-0.2, 0) is 10.0 Å². The van der Waals surface area contributed by atoms with Crippen molar-refractivity contribution in [3.05, 3.63) is 23.8 Å². The number of hydrogen-bond acceptors (Lipinski definition) is 4. The van der Waals surface area contributed by atoms with Gasteiger partial charge in [0.05, 0.1) is 0 Å². The maximum atomic E-state index is 13.5. The van der Waals surface area contributed by atoms with E-state index in [1.54, 1.807) is 13.0 Å². The molecule has 1 aromatic carbocycles. The van der Waals surface area contributed by atoms with Gasteiger partial charge in [-0.25, -0.2) is 17.9 Å². The number of primary sulfonamides is 1. The molecular formula is C10H10F2N2O3S. The zero-order valence-corrected chi connectivity index (χ0v) is 10.2. The molecule has 0 aliphatic carbocycles. The van der Waals surface area contributed by atoms with Crippen molar-refractivity contribution in [3.8, 4) is 11.8 Å². The number of nitriles is 1. The van der Waals surface area contributed by atoms with Crippen LogP contribution in [0.2, 0.25) is 0 Å². The van der Waals surface area contributed by atoms with E-state index >= 15 is 0 Å². The van der Waals surface area contributed by atoms with Gasteiger partial charge in [0.1, 0.15) is 11.0 Å². The first-order valence-corrected chi connectivity index (χ1v) is 6.43. The Morgan fingerprint density at radius 1 is 1.44 bits per heavy atom. The lowest BCUT2D eigenvalue weighted by molar-refractivity contribution is 0.236. The van der Waals surface area contributed by atoms with Crippen LogP contribution in [0.3, 0.4) is 0 Å². The van der Waals surface area contributed by atoms with E-state index in [0.717, 1.165) is 12.1 Å². The Morgan fingerprint density at radius 3 is 2.50 bits per heavy atom. The van der Waals surface area contributed by atoms with Crippen LogP contribution >= 0.6 is 0 Å². The third-order valence-electron chi connectivity index (χ3n) is 2.10. The van der Waals surface area contributed by atoms with Crippen molar-refractivity contribution in [1.29, 1.82) is 5.26 Å². The van der Waals surface area contributed by atoms with Gasteiger partial charge >= 0.3 is 0 Å². The first kappa shape index (κ1) is 14.3. The molecule has 5 nitrogen and oxygen atoms in total. The standard InChI is InChI=1S/C10H10F2N2O3S/c1-2-6(5-13)17-7-3-4-8(18(14,15)16)10(12)9(7)11/h3-4,6H,2H2,1H3,(H2,14,15,16). The second-order valence-corrected chi connectivity index (χ2v) is 4.91. The first-order valence-electron chi connectivity index (χ1n) is 4.88. The van der Waals surface area contributed by atoms with Crippen LogP contribution < -0.4 is 9.88 Å². The third kappa shape index (κ3) is 2.94. The van der Waals surface area contributed by atoms with Crippen LogP contribution in [0, 0.1) is 23.0 Å². The summed E-state index contributed by atoms with van der Waals surface area (Å²) >= 11 is 0. The SMILES string of the molecule is CCC(C#N)Oc1ccc(S(N)(=O)=O)c(F)c1F. The molecule has 18 heavy (non-hydrogen) atoms. The Bertz CT molecular complexity index is 596. The Morgan fingerprint density at radius 2 is 2.06 bits per heavy atom. The Balaban J connectivity index is 3.22. The minimum absolute atomic E-state index is 0.272. The second-order valence-electron chi connectivity index (χ2n) is 3.38. The van der Waals surface area contributed by atoms with E-state index in [1.165, 1.54) is 0 Å². The summed E-state index contributed by atoms with van der Waals surface area (Å²) < 4.78 is 53.7. The second kappa shape index (κ2) is 5.29. The summed E-state index contributed by atoms with van der Waals surface area (Å²) in [5, 5.41) is 13.3. The molecule has 0 saturated heterocycles. The molecule has 0 amide bonds. The molecule has 8 heteroatoms. The highest BCUT2D eigenvalue weighted by atomic mass is 32.2. The number of nitrogens with zero attached hydrogens (tertiary/aromatic N) is 1. The lowest BCUT2D eigenvalue weighted by Crippen LogP contribution is -2.17. The molecule has 1 unspecified atom stereocenters. The summed E-state index contributed by atoms with van der Waals surface area (Å²) in [6, 6.07) is 3.44. The Labute approximate surface area is 103 Å². The molecule has 0 aromatic heterocycles. The lowest BCUT2D eigenvalue weighted by atomic mass is 10.3. The average molecular weight is 276 g/mol. The molecule has 0 fully saturated rings. The van der Waals surface area contributed by atoms with Crippen molar-refractivity contribution >= 4 is 10.0 Å². The van der Waals surface area contributed by atoms with Crippen LogP contribution in [0.1, 0.15) is 13.3 Å². The zero-order valence-electron chi connectivity index (χ0n) is 9.35. The van der Waals surface area contributed by atoms with Crippen molar-refractivity contribution in [3.63, 3.8) is 0 Å². The van der Waals surface area contributed by atoms with Crippen LogP contribution in [0.15, 0.2) is 17.0 Å². The minimum atomic E-state index is -4.35. The molecule has 0 saturated carbocycles. The lowest BCUT2D eigenvalue weighted by Gasteiger charge is -2.12. The molecule has 0 bridgehead atoms.